The maximum absolute atomic E-state index is 13.4. The molecule has 2 N–H and O–H groups in total. The van der Waals surface area contributed by atoms with Crippen LogP contribution < -0.4 is 10.6 Å². The third kappa shape index (κ3) is 6.20. The van der Waals surface area contributed by atoms with E-state index in [9.17, 15) is 18.8 Å². The van der Waals surface area contributed by atoms with Gasteiger partial charge >= 0.3 is 5.97 Å². The third-order valence-electron chi connectivity index (χ3n) is 3.12. The molecule has 0 spiro atoms. The maximum atomic E-state index is 13.4. The van der Waals surface area contributed by atoms with Crippen molar-refractivity contribution in [2.24, 2.45) is 0 Å². The van der Waals surface area contributed by atoms with Gasteiger partial charge in [0, 0.05) is 29.9 Å². The third-order valence-corrected chi connectivity index (χ3v) is 3.12. The highest BCUT2D eigenvalue weighted by atomic mass is 19.1. The lowest BCUT2D eigenvalue weighted by molar-refractivity contribution is -0.142. The van der Waals surface area contributed by atoms with Gasteiger partial charge in [0.2, 0.25) is 5.91 Å². The van der Waals surface area contributed by atoms with Crippen molar-refractivity contribution in [3.8, 4) is 0 Å². The molecule has 26 heavy (non-hydrogen) atoms. The van der Waals surface area contributed by atoms with E-state index >= 15 is 0 Å². The van der Waals surface area contributed by atoms with E-state index < -0.39 is 24.3 Å². The summed E-state index contributed by atoms with van der Waals surface area (Å²) in [5.74, 6) is -2.01. The number of benzene rings is 2. The molecule has 0 saturated heterocycles. The van der Waals surface area contributed by atoms with Gasteiger partial charge in [-0.2, -0.15) is 0 Å². The SMILES string of the molecule is CC(=O)Nc1cccc(NC(=O)COC(=O)/C=C/c2ccccc2F)c1. The molecule has 2 aromatic rings. The highest BCUT2D eigenvalue weighted by molar-refractivity contribution is 5.95. The van der Waals surface area contributed by atoms with E-state index in [4.69, 9.17) is 4.74 Å². The molecule has 0 heterocycles. The van der Waals surface area contributed by atoms with Gasteiger partial charge < -0.3 is 15.4 Å². The molecule has 0 radical (unpaired) electrons. The zero-order valence-electron chi connectivity index (χ0n) is 14.0. The number of carbonyl (C=O) groups excluding carboxylic acids is 3. The molecule has 0 unspecified atom stereocenters. The number of carbonyl (C=O) groups is 3. The molecule has 0 aliphatic heterocycles. The molecular weight excluding hydrogens is 339 g/mol. The number of esters is 1. The normalized spacial score (nSPS) is 10.4. The molecule has 6 nitrogen and oxygen atoms in total. The predicted molar refractivity (Wildman–Crippen MR) is 95.8 cm³/mol. The van der Waals surface area contributed by atoms with Gasteiger partial charge in [-0.15, -0.1) is 0 Å². The number of halogens is 1. The van der Waals surface area contributed by atoms with Gasteiger partial charge in [0.15, 0.2) is 6.61 Å². The average Bonchev–Trinajstić information content (AvgIpc) is 2.59. The van der Waals surface area contributed by atoms with E-state index in [0.29, 0.717) is 11.4 Å². The van der Waals surface area contributed by atoms with Gasteiger partial charge in [-0.05, 0) is 30.3 Å². The van der Waals surface area contributed by atoms with Gasteiger partial charge in [0.25, 0.3) is 5.91 Å². The van der Waals surface area contributed by atoms with Crippen LogP contribution in [0.3, 0.4) is 0 Å². The Labute approximate surface area is 149 Å². The van der Waals surface area contributed by atoms with Gasteiger partial charge in [-0.1, -0.05) is 24.3 Å². The summed E-state index contributed by atoms with van der Waals surface area (Å²) in [6.45, 7) is 0.879. The van der Waals surface area contributed by atoms with Crippen LogP contribution in [0, 0.1) is 5.82 Å². The topological polar surface area (TPSA) is 84.5 Å². The Morgan fingerprint density at radius 3 is 2.42 bits per heavy atom. The van der Waals surface area contributed by atoms with Crippen molar-refractivity contribution in [2.45, 2.75) is 6.92 Å². The van der Waals surface area contributed by atoms with E-state index in [-0.39, 0.29) is 11.5 Å². The molecule has 0 atom stereocenters. The van der Waals surface area contributed by atoms with Crippen LogP contribution >= 0.6 is 0 Å². The summed E-state index contributed by atoms with van der Waals surface area (Å²) in [6, 6.07) is 12.5. The minimum absolute atomic E-state index is 0.232. The molecule has 0 aromatic heterocycles. The van der Waals surface area contributed by atoms with Crippen LogP contribution in [0.1, 0.15) is 12.5 Å². The van der Waals surface area contributed by atoms with Crippen LogP contribution in [0.15, 0.2) is 54.6 Å². The highest BCUT2D eigenvalue weighted by Gasteiger charge is 2.07. The Morgan fingerprint density at radius 1 is 1.04 bits per heavy atom. The maximum Gasteiger partial charge on any atom is 0.331 e. The van der Waals surface area contributed by atoms with Crippen molar-refractivity contribution >= 4 is 35.2 Å². The van der Waals surface area contributed by atoms with Gasteiger partial charge in [0.1, 0.15) is 5.82 Å². The first-order valence-corrected chi connectivity index (χ1v) is 7.71. The smallest absolute Gasteiger partial charge is 0.331 e. The molecule has 0 aliphatic rings. The summed E-state index contributed by atoms with van der Waals surface area (Å²) in [6.07, 6.45) is 2.32. The average molecular weight is 356 g/mol. The minimum Gasteiger partial charge on any atom is -0.452 e. The van der Waals surface area contributed by atoms with Crippen molar-refractivity contribution in [1.29, 1.82) is 0 Å². The molecule has 0 saturated carbocycles. The first-order chi connectivity index (χ1) is 12.4. The van der Waals surface area contributed by atoms with Gasteiger partial charge in [0.05, 0.1) is 0 Å². The van der Waals surface area contributed by atoms with E-state index in [0.717, 1.165) is 6.08 Å². The molecule has 0 bridgehead atoms. The summed E-state index contributed by atoms with van der Waals surface area (Å²) in [7, 11) is 0. The predicted octanol–water partition coefficient (Wildman–Crippen LogP) is 2.98. The number of ether oxygens (including phenoxy) is 1. The van der Waals surface area contributed by atoms with Crippen molar-refractivity contribution in [2.75, 3.05) is 17.2 Å². The van der Waals surface area contributed by atoms with Crippen LogP contribution in [0.5, 0.6) is 0 Å². The monoisotopic (exact) mass is 356 g/mol. The largest absolute Gasteiger partial charge is 0.452 e. The Bertz CT molecular complexity index is 849. The van der Waals surface area contributed by atoms with Crippen molar-refractivity contribution in [3.05, 3.63) is 66.0 Å². The standard InChI is InChI=1S/C19H17FN2O4/c1-13(23)21-15-6-4-7-16(11-15)22-18(24)12-26-19(25)10-9-14-5-2-3-8-17(14)20/h2-11H,12H2,1H3,(H,21,23)(H,22,24)/b10-9+. The highest BCUT2D eigenvalue weighted by Crippen LogP contribution is 2.15. The second-order valence-electron chi connectivity index (χ2n) is 5.27. The summed E-state index contributed by atoms with van der Waals surface area (Å²) in [5.41, 5.74) is 1.21. The van der Waals surface area contributed by atoms with Crippen LogP contribution in [-0.2, 0) is 19.1 Å². The zero-order valence-corrected chi connectivity index (χ0v) is 14.0. The quantitative estimate of drug-likeness (QED) is 0.616. The summed E-state index contributed by atoms with van der Waals surface area (Å²) in [5, 5.41) is 5.13. The first-order valence-electron chi connectivity index (χ1n) is 7.71. The molecular formula is C19H17FN2O4. The number of amides is 2. The Morgan fingerprint density at radius 2 is 1.73 bits per heavy atom. The summed E-state index contributed by atoms with van der Waals surface area (Å²) in [4.78, 5) is 34.4. The summed E-state index contributed by atoms with van der Waals surface area (Å²) < 4.78 is 18.2. The number of nitrogens with one attached hydrogen (secondary N) is 2. The number of rotatable bonds is 6. The van der Waals surface area contributed by atoms with E-state index in [1.54, 1.807) is 30.3 Å². The van der Waals surface area contributed by atoms with Gasteiger partial charge in [-0.3, -0.25) is 9.59 Å². The lowest BCUT2D eigenvalue weighted by Gasteiger charge is -2.08. The minimum atomic E-state index is -0.768. The number of hydrogen-bond donors (Lipinski definition) is 2. The lowest BCUT2D eigenvalue weighted by atomic mass is 10.2. The van der Waals surface area contributed by atoms with Crippen LogP contribution in [0.25, 0.3) is 6.08 Å². The molecule has 0 fully saturated rings. The van der Waals surface area contributed by atoms with E-state index in [2.05, 4.69) is 10.6 Å². The van der Waals surface area contributed by atoms with Crippen LogP contribution in [0.4, 0.5) is 15.8 Å². The first kappa shape index (κ1) is 18.9. The molecule has 134 valence electrons. The molecule has 2 rings (SSSR count). The van der Waals surface area contributed by atoms with Crippen molar-refractivity contribution < 1.29 is 23.5 Å². The molecule has 0 aliphatic carbocycles. The van der Waals surface area contributed by atoms with Crippen LogP contribution in [0.2, 0.25) is 0 Å². The molecule has 2 amide bonds. The fourth-order valence-corrected chi connectivity index (χ4v) is 2.03. The summed E-state index contributed by atoms with van der Waals surface area (Å²) >= 11 is 0. The molecule has 7 heteroatoms. The fraction of sp³-hybridized carbons (Fsp3) is 0.105. The van der Waals surface area contributed by atoms with Crippen molar-refractivity contribution in [3.63, 3.8) is 0 Å². The second kappa shape index (κ2) is 9.12. The molecule has 2 aromatic carbocycles. The Balaban J connectivity index is 1.84. The zero-order chi connectivity index (χ0) is 18.9. The van der Waals surface area contributed by atoms with Crippen LogP contribution in [-0.4, -0.2) is 24.4 Å². The van der Waals surface area contributed by atoms with E-state index in [1.807, 2.05) is 0 Å². The number of anilines is 2. The lowest BCUT2D eigenvalue weighted by Crippen LogP contribution is -2.20. The Kier molecular flexibility index (Phi) is 6.61. The number of hydrogen-bond acceptors (Lipinski definition) is 4. The van der Waals surface area contributed by atoms with E-state index in [1.165, 1.54) is 31.2 Å². The fourth-order valence-electron chi connectivity index (χ4n) is 2.03. The van der Waals surface area contributed by atoms with Gasteiger partial charge in [-0.25, -0.2) is 9.18 Å². The second-order valence-corrected chi connectivity index (χ2v) is 5.27. The Hall–Kier alpha value is -3.48. The van der Waals surface area contributed by atoms with Crippen molar-refractivity contribution in [1.82, 2.24) is 0 Å².